The molecule has 0 aliphatic carbocycles. The van der Waals surface area contributed by atoms with Crippen LogP contribution in [-0.2, 0) is 6.42 Å². The van der Waals surface area contributed by atoms with Crippen molar-refractivity contribution in [2.45, 2.75) is 13.3 Å². The number of pyridine rings is 1. The lowest BCUT2D eigenvalue weighted by Gasteiger charge is -2.04. The first-order chi connectivity index (χ1) is 11.3. The van der Waals surface area contributed by atoms with Gasteiger partial charge >= 0.3 is 0 Å². The van der Waals surface area contributed by atoms with Crippen molar-refractivity contribution in [3.8, 4) is 27.6 Å². The summed E-state index contributed by atoms with van der Waals surface area (Å²) in [6.45, 7) is 3.15. The Morgan fingerprint density at radius 1 is 1.13 bits per heavy atom. The molecule has 0 bridgehead atoms. The molecule has 0 amide bonds. The van der Waals surface area contributed by atoms with Crippen molar-refractivity contribution in [3.63, 3.8) is 0 Å². The van der Waals surface area contributed by atoms with E-state index >= 15 is 0 Å². The van der Waals surface area contributed by atoms with E-state index in [2.05, 4.69) is 23.4 Å². The van der Waals surface area contributed by atoms with Crippen LogP contribution in [0.5, 0.6) is 5.75 Å². The lowest BCUT2D eigenvalue weighted by Crippen LogP contribution is -2.10. The number of hydrogen-bond donors (Lipinski definition) is 1. The predicted octanol–water partition coefficient (Wildman–Crippen LogP) is 3.77. The summed E-state index contributed by atoms with van der Waals surface area (Å²) >= 11 is 1.65. The number of nitrogens with zero attached hydrogens (tertiary/aromatic N) is 2. The fourth-order valence-corrected chi connectivity index (χ4v) is 3.07. The zero-order valence-corrected chi connectivity index (χ0v) is 13.8. The molecule has 3 aromatic rings. The molecule has 4 nitrogen and oxygen atoms in total. The molecule has 1 aromatic carbocycles. The number of ether oxygens (including phenoxy) is 1. The minimum atomic E-state index is 0.517. The van der Waals surface area contributed by atoms with Crippen LogP contribution in [0.4, 0.5) is 0 Å². The Labute approximate surface area is 140 Å². The standard InChI is InChI=1S/C18H19N3OS/c1-2-15-11-14(7-9-20-15)18-21-17(12-23-18)13-3-5-16(6-4-13)22-10-8-19/h3-7,9,11-12H,2,8,10,19H2,1H3. The highest BCUT2D eigenvalue weighted by atomic mass is 32.1. The molecule has 0 spiro atoms. The van der Waals surface area contributed by atoms with Crippen molar-refractivity contribution in [1.82, 2.24) is 9.97 Å². The highest BCUT2D eigenvalue weighted by Gasteiger charge is 2.08. The largest absolute Gasteiger partial charge is 0.492 e. The molecule has 3 rings (SSSR count). The zero-order chi connectivity index (χ0) is 16.1. The maximum Gasteiger partial charge on any atom is 0.124 e. The molecule has 23 heavy (non-hydrogen) atoms. The van der Waals surface area contributed by atoms with E-state index in [-0.39, 0.29) is 0 Å². The maximum atomic E-state index is 5.50. The number of nitrogens with two attached hydrogens (primary N) is 1. The summed E-state index contributed by atoms with van der Waals surface area (Å²) in [5.41, 5.74) is 9.70. The van der Waals surface area contributed by atoms with Gasteiger partial charge in [0.1, 0.15) is 17.4 Å². The molecule has 118 valence electrons. The Morgan fingerprint density at radius 3 is 2.70 bits per heavy atom. The van der Waals surface area contributed by atoms with E-state index in [1.807, 2.05) is 36.5 Å². The second-order valence-corrected chi connectivity index (χ2v) is 5.95. The number of aromatic nitrogens is 2. The molecule has 0 atom stereocenters. The highest BCUT2D eigenvalue weighted by molar-refractivity contribution is 7.13. The van der Waals surface area contributed by atoms with Crippen molar-refractivity contribution in [3.05, 3.63) is 53.7 Å². The maximum absolute atomic E-state index is 5.50. The van der Waals surface area contributed by atoms with Gasteiger partial charge in [0.05, 0.1) is 5.69 Å². The summed E-state index contributed by atoms with van der Waals surface area (Å²) in [7, 11) is 0. The lowest BCUT2D eigenvalue weighted by molar-refractivity contribution is 0.328. The third-order valence-corrected chi connectivity index (χ3v) is 4.36. The molecule has 0 aliphatic rings. The number of aryl methyl sites for hydroxylation is 1. The van der Waals surface area contributed by atoms with Crippen LogP contribution >= 0.6 is 11.3 Å². The van der Waals surface area contributed by atoms with Crippen LogP contribution in [0, 0.1) is 0 Å². The smallest absolute Gasteiger partial charge is 0.124 e. The molecule has 2 aromatic heterocycles. The van der Waals surface area contributed by atoms with Crippen LogP contribution in [0.3, 0.4) is 0 Å². The lowest BCUT2D eigenvalue weighted by atomic mass is 10.1. The van der Waals surface area contributed by atoms with Gasteiger partial charge in [-0.15, -0.1) is 11.3 Å². The van der Waals surface area contributed by atoms with Gasteiger partial charge in [-0.2, -0.15) is 0 Å². The fourth-order valence-electron chi connectivity index (χ4n) is 2.24. The first kappa shape index (κ1) is 15.6. The topological polar surface area (TPSA) is 61.0 Å². The van der Waals surface area contributed by atoms with Gasteiger partial charge in [-0.25, -0.2) is 4.98 Å². The number of rotatable bonds is 6. The Bertz CT molecular complexity index is 768. The van der Waals surface area contributed by atoms with Gasteiger partial charge in [0, 0.05) is 34.9 Å². The van der Waals surface area contributed by atoms with Crippen molar-refractivity contribution in [2.24, 2.45) is 5.73 Å². The third kappa shape index (κ3) is 3.75. The van der Waals surface area contributed by atoms with Crippen molar-refractivity contribution < 1.29 is 4.74 Å². The molecule has 0 unspecified atom stereocenters. The second-order valence-electron chi connectivity index (χ2n) is 5.09. The van der Waals surface area contributed by atoms with Gasteiger partial charge in [0.2, 0.25) is 0 Å². The summed E-state index contributed by atoms with van der Waals surface area (Å²) in [5.74, 6) is 0.830. The Hall–Kier alpha value is -2.24. The number of benzene rings is 1. The zero-order valence-electron chi connectivity index (χ0n) is 13.0. The molecular weight excluding hydrogens is 306 g/mol. The molecular formula is C18H19N3OS. The normalized spacial score (nSPS) is 10.7. The first-order valence-corrected chi connectivity index (χ1v) is 8.52. The average molecular weight is 325 g/mol. The number of thiazole rings is 1. The molecule has 0 radical (unpaired) electrons. The summed E-state index contributed by atoms with van der Waals surface area (Å²) in [6.07, 6.45) is 2.77. The van der Waals surface area contributed by atoms with Gasteiger partial charge < -0.3 is 10.5 Å². The average Bonchev–Trinajstić information content (AvgIpc) is 3.10. The fraction of sp³-hybridized carbons (Fsp3) is 0.222. The van der Waals surface area contributed by atoms with E-state index in [1.54, 1.807) is 11.3 Å². The monoisotopic (exact) mass is 325 g/mol. The summed E-state index contributed by atoms with van der Waals surface area (Å²) in [4.78, 5) is 9.08. The van der Waals surface area contributed by atoms with Crippen molar-refractivity contribution >= 4 is 11.3 Å². The third-order valence-electron chi connectivity index (χ3n) is 3.47. The Morgan fingerprint density at radius 2 is 1.96 bits per heavy atom. The predicted molar refractivity (Wildman–Crippen MR) is 94.7 cm³/mol. The van der Waals surface area contributed by atoms with E-state index in [9.17, 15) is 0 Å². The van der Waals surface area contributed by atoms with E-state index in [4.69, 9.17) is 15.5 Å². The quantitative estimate of drug-likeness (QED) is 0.749. The van der Waals surface area contributed by atoms with Crippen LogP contribution in [0.25, 0.3) is 21.8 Å². The van der Waals surface area contributed by atoms with Crippen LogP contribution < -0.4 is 10.5 Å². The molecule has 0 aliphatic heterocycles. The van der Waals surface area contributed by atoms with Gasteiger partial charge in [0.25, 0.3) is 0 Å². The van der Waals surface area contributed by atoms with Crippen LogP contribution in [0.2, 0.25) is 0 Å². The van der Waals surface area contributed by atoms with E-state index < -0.39 is 0 Å². The van der Waals surface area contributed by atoms with Crippen molar-refractivity contribution in [1.29, 1.82) is 0 Å². The molecule has 2 N–H and O–H groups in total. The molecule has 5 heteroatoms. The molecule has 0 fully saturated rings. The Balaban J connectivity index is 1.81. The van der Waals surface area contributed by atoms with E-state index in [0.29, 0.717) is 13.2 Å². The molecule has 0 saturated heterocycles. The van der Waals surface area contributed by atoms with Crippen molar-refractivity contribution in [2.75, 3.05) is 13.2 Å². The Kier molecular flexibility index (Phi) is 5.00. The van der Waals surface area contributed by atoms with Crippen LogP contribution in [0.1, 0.15) is 12.6 Å². The van der Waals surface area contributed by atoms with Gasteiger partial charge in [-0.3, -0.25) is 4.98 Å². The summed E-state index contributed by atoms with van der Waals surface area (Å²) in [5, 5.41) is 3.09. The summed E-state index contributed by atoms with van der Waals surface area (Å²) in [6, 6.07) is 12.1. The summed E-state index contributed by atoms with van der Waals surface area (Å²) < 4.78 is 5.50. The molecule has 0 saturated carbocycles. The minimum Gasteiger partial charge on any atom is -0.492 e. The minimum absolute atomic E-state index is 0.517. The van der Waals surface area contributed by atoms with Crippen LogP contribution in [-0.4, -0.2) is 23.1 Å². The second kappa shape index (κ2) is 7.35. The van der Waals surface area contributed by atoms with Gasteiger partial charge in [-0.05, 0) is 42.8 Å². The van der Waals surface area contributed by atoms with Gasteiger partial charge in [-0.1, -0.05) is 6.92 Å². The first-order valence-electron chi connectivity index (χ1n) is 7.64. The highest BCUT2D eigenvalue weighted by Crippen LogP contribution is 2.29. The van der Waals surface area contributed by atoms with Gasteiger partial charge in [0.15, 0.2) is 0 Å². The van der Waals surface area contributed by atoms with E-state index in [1.165, 1.54) is 0 Å². The number of hydrogen-bond acceptors (Lipinski definition) is 5. The SMILES string of the molecule is CCc1cc(-c2nc(-c3ccc(OCCN)cc3)cs2)ccn1. The van der Waals surface area contributed by atoms with E-state index in [0.717, 1.165) is 39.7 Å². The molecule has 2 heterocycles. The van der Waals surface area contributed by atoms with Crippen LogP contribution in [0.15, 0.2) is 48.0 Å².